The Balaban J connectivity index is 1.84. The van der Waals surface area contributed by atoms with Crippen molar-refractivity contribution in [1.29, 1.82) is 0 Å². The van der Waals surface area contributed by atoms with E-state index in [9.17, 15) is 0 Å². The lowest BCUT2D eigenvalue weighted by atomic mass is 10.1. The average molecular weight is 245 g/mol. The maximum Gasteiger partial charge on any atom is 0.330 e. The monoisotopic (exact) mass is 245 g/mol. The van der Waals surface area contributed by atoms with Gasteiger partial charge in [0.1, 0.15) is 12.7 Å². The highest BCUT2D eigenvalue weighted by atomic mass is 15.1. The summed E-state index contributed by atoms with van der Waals surface area (Å²) in [6.07, 6.45) is 4.15. The second-order valence-electron chi connectivity index (χ2n) is 4.82. The van der Waals surface area contributed by atoms with E-state index >= 15 is 0 Å². The molecule has 0 amide bonds. The number of nitrogens with zero attached hydrogens (tertiary/aromatic N) is 2. The van der Waals surface area contributed by atoms with Gasteiger partial charge in [-0.15, -0.1) is 0 Å². The van der Waals surface area contributed by atoms with Gasteiger partial charge in [0.25, 0.3) is 0 Å². The molecule has 0 aliphatic carbocycles. The summed E-state index contributed by atoms with van der Waals surface area (Å²) < 4.78 is 2.23. The van der Waals surface area contributed by atoms with Crippen LogP contribution >= 0.6 is 0 Å². The van der Waals surface area contributed by atoms with Crippen molar-refractivity contribution >= 4 is 0 Å². The Bertz CT molecular complexity index is 748. The van der Waals surface area contributed by atoms with E-state index in [4.69, 9.17) is 0 Å². The van der Waals surface area contributed by atoms with Gasteiger partial charge in [0.15, 0.2) is 6.20 Å². The molecule has 90 valence electrons. The molecule has 0 unspecified atom stereocenters. The molecule has 4 rings (SSSR count). The molecular weight excluding hydrogens is 232 g/mol. The predicted octanol–water partition coefficient (Wildman–Crippen LogP) is 3.06. The van der Waals surface area contributed by atoms with Crippen LogP contribution in [-0.2, 0) is 6.54 Å². The molecule has 0 bridgehead atoms. The SMILES string of the molecule is c1ccc(-c2cnc3[n+](c2)Cc2ccccc2-3)cc1. The Morgan fingerprint density at radius 3 is 2.53 bits per heavy atom. The van der Waals surface area contributed by atoms with Crippen molar-refractivity contribution in [2.45, 2.75) is 6.54 Å². The third-order valence-corrected chi connectivity index (χ3v) is 3.60. The standard InChI is InChI=1S/C17H13N2/c1-2-6-13(7-3-1)15-10-18-17-16-9-5-4-8-14(16)11-19(17)12-15/h1-10,12H,11H2/q+1. The molecular formula is C17H13N2+. The van der Waals surface area contributed by atoms with Crippen molar-refractivity contribution in [3.05, 3.63) is 72.6 Å². The van der Waals surface area contributed by atoms with Crippen molar-refractivity contribution in [2.75, 3.05) is 0 Å². The van der Waals surface area contributed by atoms with Crippen LogP contribution in [-0.4, -0.2) is 4.98 Å². The molecule has 2 heteroatoms. The maximum absolute atomic E-state index is 4.64. The molecule has 1 aromatic heterocycles. The van der Waals surface area contributed by atoms with Crippen molar-refractivity contribution in [3.8, 4) is 22.5 Å². The molecule has 0 fully saturated rings. The van der Waals surface area contributed by atoms with E-state index in [1.165, 1.54) is 16.7 Å². The van der Waals surface area contributed by atoms with E-state index < -0.39 is 0 Å². The number of aromatic nitrogens is 2. The lowest BCUT2D eigenvalue weighted by molar-refractivity contribution is -0.674. The lowest BCUT2D eigenvalue weighted by Crippen LogP contribution is -2.33. The number of hydrogen-bond donors (Lipinski definition) is 0. The summed E-state index contributed by atoms with van der Waals surface area (Å²) in [5.41, 5.74) is 4.97. The van der Waals surface area contributed by atoms with Crippen LogP contribution in [0.5, 0.6) is 0 Å². The summed E-state index contributed by atoms with van der Waals surface area (Å²) in [5, 5.41) is 0. The zero-order valence-electron chi connectivity index (χ0n) is 10.5. The Labute approximate surface area is 112 Å². The molecule has 2 nitrogen and oxygen atoms in total. The number of hydrogen-bond acceptors (Lipinski definition) is 1. The van der Waals surface area contributed by atoms with Crippen molar-refractivity contribution in [2.24, 2.45) is 0 Å². The fourth-order valence-electron chi connectivity index (χ4n) is 2.65. The van der Waals surface area contributed by atoms with Gasteiger partial charge in [-0.3, -0.25) is 0 Å². The second kappa shape index (κ2) is 4.02. The number of rotatable bonds is 1. The minimum Gasteiger partial charge on any atom is -0.225 e. The highest BCUT2D eigenvalue weighted by molar-refractivity contribution is 5.64. The van der Waals surface area contributed by atoms with E-state index in [-0.39, 0.29) is 0 Å². The molecule has 2 heterocycles. The third kappa shape index (κ3) is 1.65. The van der Waals surface area contributed by atoms with Gasteiger partial charge in [-0.25, -0.2) is 4.57 Å². The summed E-state index contributed by atoms with van der Waals surface area (Å²) in [6.45, 7) is 0.916. The zero-order valence-corrected chi connectivity index (χ0v) is 10.5. The molecule has 1 aliphatic heterocycles. The van der Waals surface area contributed by atoms with Crippen molar-refractivity contribution in [1.82, 2.24) is 4.98 Å². The first-order valence-corrected chi connectivity index (χ1v) is 6.45. The van der Waals surface area contributed by atoms with Crippen LogP contribution in [0.1, 0.15) is 5.56 Å². The van der Waals surface area contributed by atoms with Crippen LogP contribution in [0.25, 0.3) is 22.5 Å². The van der Waals surface area contributed by atoms with E-state index in [0.29, 0.717) is 0 Å². The lowest BCUT2D eigenvalue weighted by Gasteiger charge is -1.99. The number of fused-ring (bicyclic) bond motifs is 3. The third-order valence-electron chi connectivity index (χ3n) is 3.60. The summed E-state index contributed by atoms with van der Waals surface area (Å²) in [7, 11) is 0. The normalized spacial score (nSPS) is 12.0. The molecule has 19 heavy (non-hydrogen) atoms. The van der Waals surface area contributed by atoms with E-state index in [1.807, 2.05) is 12.3 Å². The first-order chi connectivity index (χ1) is 9.42. The first kappa shape index (κ1) is 10.4. The van der Waals surface area contributed by atoms with Crippen LogP contribution in [0.4, 0.5) is 0 Å². The first-order valence-electron chi connectivity index (χ1n) is 6.45. The Morgan fingerprint density at radius 2 is 1.63 bits per heavy atom. The quantitative estimate of drug-likeness (QED) is 0.471. The highest BCUT2D eigenvalue weighted by Gasteiger charge is 2.26. The Morgan fingerprint density at radius 1 is 0.842 bits per heavy atom. The van der Waals surface area contributed by atoms with Gasteiger partial charge < -0.3 is 0 Å². The molecule has 1 aliphatic rings. The zero-order chi connectivity index (χ0) is 12.7. The molecule has 2 aromatic carbocycles. The van der Waals surface area contributed by atoms with Gasteiger partial charge in [-0.2, -0.15) is 0 Å². The fraction of sp³-hybridized carbons (Fsp3) is 0.0588. The fourth-order valence-corrected chi connectivity index (χ4v) is 2.65. The van der Waals surface area contributed by atoms with Crippen molar-refractivity contribution in [3.63, 3.8) is 0 Å². The molecule has 0 atom stereocenters. The molecule has 0 saturated heterocycles. The number of benzene rings is 2. The van der Waals surface area contributed by atoms with Gasteiger partial charge in [0, 0.05) is 5.56 Å². The van der Waals surface area contributed by atoms with Crippen molar-refractivity contribution < 1.29 is 4.57 Å². The van der Waals surface area contributed by atoms with Crippen LogP contribution in [0.3, 0.4) is 0 Å². The highest BCUT2D eigenvalue weighted by Crippen LogP contribution is 2.26. The predicted molar refractivity (Wildman–Crippen MR) is 74.4 cm³/mol. The van der Waals surface area contributed by atoms with Gasteiger partial charge in [0.2, 0.25) is 0 Å². The van der Waals surface area contributed by atoms with Crippen LogP contribution in [0, 0.1) is 0 Å². The summed E-state index contributed by atoms with van der Waals surface area (Å²) in [5.74, 6) is 1.07. The Hall–Kier alpha value is -2.48. The second-order valence-corrected chi connectivity index (χ2v) is 4.82. The maximum atomic E-state index is 4.64. The minimum absolute atomic E-state index is 0.916. The van der Waals surface area contributed by atoms with Gasteiger partial charge >= 0.3 is 5.82 Å². The summed E-state index contributed by atoms with van der Waals surface area (Å²) in [6, 6.07) is 18.9. The topological polar surface area (TPSA) is 16.8 Å². The van der Waals surface area contributed by atoms with Gasteiger partial charge in [0.05, 0.1) is 11.1 Å². The van der Waals surface area contributed by atoms with Gasteiger partial charge in [-0.05, 0) is 16.6 Å². The van der Waals surface area contributed by atoms with Crippen LogP contribution in [0.15, 0.2) is 67.0 Å². The van der Waals surface area contributed by atoms with E-state index in [1.54, 1.807) is 0 Å². The molecule has 0 saturated carbocycles. The molecule has 0 radical (unpaired) electrons. The molecule has 0 N–H and O–H groups in total. The van der Waals surface area contributed by atoms with Gasteiger partial charge in [-0.1, -0.05) is 48.5 Å². The van der Waals surface area contributed by atoms with E-state index in [0.717, 1.165) is 17.9 Å². The Kier molecular flexibility index (Phi) is 2.21. The molecule has 3 aromatic rings. The average Bonchev–Trinajstić information content (AvgIpc) is 2.86. The van der Waals surface area contributed by atoms with E-state index in [2.05, 4.69) is 64.3 Å². The largest absolute Gasteiger partial charge is 0.330 e. The molecule has 0 spiro atoms. The minimum atomic E-state index is 0.916. The summed E-state index contributed by atoms with van der Waals surface area (Å²) in [4.78, 5) is 4.64. The smallest absolute Gasteiger partial charge is 0.225 e. The van der Waals surface area contributed by atoms with Crippen LogP contribution in [0.2, 0.25) is 0 Å². The van der Waals surface area contributed by atoms with Crippen LogP contribution < -0.4 is 4.57 Å². The summed E-state index contributed by atoms with van der Waals surface area (Å²) >= 11 is 0.